The molecule has 0 spiro atoms. The van der Waals surface area contributed by atoms with Gasteiger partial charge in [0.15, 0.2) is 0 Å². The van der Waals surface area contributed by atoms with Crippen LogP contribution in [0.4, 0.5) is 5.82 Å². The Balaban J connectivity index is 1.49. The third-order valence-electron chi connectivity index (χ3n) is 6.23. The third-order valence-corrected chi connectivity index (χ3v) is 7.18. The Morgan fingerprint density at radius 3 is 2.13 bits per heavy atom. The first kappa shape index (κ1) is 27.3. The summed E-state index contributed by atoms with van der Waals surface area (Å²) in [7, 11) is -3.85. The number of aryl methyl sites for hydroxylation is 1. The van der Waals surface area contributed by atoms with E-state index in [0.29, 0.717) is 12.4 Å². The number of ether oxygens (including phenoxy) is 1. The summed E-state index contributed by atoms with van der Waals surface area (Å²) in [6.45, 7) is 7.29. The van der Waals surface area contributed by atoms with Crippen LogP contribution >= 0.6 is 0 Å². The summed E-state index contributed by atoms with van der Waals surface area (Å²) >= 11 is 0. The summed E-state index contributed by atoms with van der Waals surface area (Å²) in [5.41, 5.74) is 4.64. The van der Waals surface area contributed by atoms with Gasteiger partial charge in [-0.3, -0.25) is 4.98 Å². The second-order valence-electron chi connectivity index (χ2n) is 9.50. The molecule has 0 saturated heterocycles. The number of benzene rings is 3. The molecular formula is C30H34N4O3S. The quantitative estimate of drug-likeness (QED) is 0.245. The minimum Gasteiger partial charge on any atom is -0.492 e. The number of nitrogens with two attached hydrogens (primary N) is 1. The molecule has 4 rings (SSSR count). The third kappa shape index (κ3) is 6.76. The number of sulfonamides is 1. The van der Waals surface area contributed by atoms with E-state index >= 15 is 0 Å². The second kappa shape index (κ2) is 12.2. The van der Waals surface area contributed by atoms with Crippen LogP contribution in [0.1, 0.15) is 32.3 Å². The standard InChI is InChI=1S/C30H34N4O3S/c1-22(2)34(18-10-11-19-37-26-20-23(3)16-17-27(26)38(31,35)36)28-21-32-29(24-12-6-4-7-13-24)30(33-28)25-14-8-5-9-15-25/h4-9,12-17,20-22H,10-11,18-19H2,1-3H3,(H2,31,35,36). The van der Waals surface area contributed by atoms with E-state index in [1.54, 1.807) is 12.1 Å². The molecule has 8 heteroatoms. The van der Waals surface area contributed by atoms with E-state index in [1.807, 2.05) is 61.7 Å². The van der Waals surface area contributed by atoms with Crippen molar-refractivity contribution in [3.8, 4) is 28.3 Å². The Bertz CT molecular complexity index is 1460. The van der Waals surface area contributed by atoms with Crippen LogP contribution in [-0.2, 0) is 10.0 Å². The summed E-state index contributed by atoms with van der Waals surface area (Å²) in [6, 6.07) is 25.3. The Labute approximate surface area is 225 Å². The summed E-state index contributed by atoms with van der Waals surface area (Å²) < 4.78 is 29.6. The van der Waals surface area contributed by atoms with Crippen molar-refractivity contribution in [1.29, 1.82) is 0 Å². The van der Waals surface area contributed by atoms with Crippen molar-refractivity contribution >= 4 is 15.8 Å². The fourth-order valence-corrected chi connectivity index (χ4v) is 4.95. The molecule has 0 radical (unpaired) electrons. The van der Waals surface area contributed by atoms with E-state index in [-0.39, 0.29) is 10.9 Å². The molecular weight excluding hydrogens is 496 g/mol. The van der Waals surface area contributed by atoms with Crippen molar-refractivity contribution in [2.45, 2.75) is 44.6 Å². The Kier molecular flexibility index (Phi) is 8.76. The van der Waals surface area contributed by atoms with Gasteiger partial charge >= 0.3 is 0 Å². The summed E-state index contributed by atoms with van der Waals surface area (Å²) in [5.74, 6) is 1.11. The van der Waals surface area contributed by atoms with Crippen molar-refractivity contribution in [3.05, 3.63) is 90.6 Å². The molecule has 7 nitrogen and oxygen atoms in total. The average Bonchev–Trinajstić information content (AvgIpc) is 2.90. The van der Waals surface area contributed by atoms with Crippen molar-refractivity contribution in [1.82, 2.24) is 9.97 Å². The maximum absolute atomic E-state index is 11.9. The minimum atomic E-state index is -3.85. The van der Waals surface area contributed by atoms with E-state index in [0.717, 1.165) is 53.3 Å². The highest BCUT2D eigenvalue weighted by molar-refractivity contribution is 7.89. The van der Waals surface area contributed by atoms with Crippen molar-refractivity contribution in [3.63, 3.8) is 0 Å². The van der Waals surface area contributed by atoms with Gasteiger partial charge in [0, 0.05) is 23.7 Å². The smallest absolute Gasteiger partial charge is 0.241 e. The van der Waals surface area contributed by atoms with E-state index in [4.69, 9.17) is 19.8 Å². The molecule has 1 aromatic heterocycles. The summed E-state index contributed by atoms with van der Waals surface area (Å²) in [5, 5.41) is 5.35. The highest BCUT2D eigenvalue weighted by atomic mass is 32.2. The van der Waals surface area contributed by atoms with Gasteiger partial charge in [-0.1, -0.05) is 66.7 Å². The number of unbranched alkanes of at least 4 members (excludes halogenated alkanes) is 1. The Morgan fingerprint density at radius 2 is 1.53 bits per heavy atom. The maximum atomic E-state index is 11.9. The second-order valence-corrected chi connectivity index (χ2v) is 11.0. The van der Waals surface area contributed by atoms with Gasteiger partial charge in [0.2, 0.25) is 10.0 Å². The van der Waals surface area contributed by atoms with E-state index in [2.05, 4.69) is 30.9 Å². The highest BCUT2D eigenvalue weighted by Crippen LogP contribution is 2.31. The molecule has 0 aliphatic carbocycles. The number of hydrogen-bond acceptors (Lipinski definition) is 6. The first-order valence-electron chi connectivity index (χ1n) is 12.7. The molecule has 0 unspecified atom stereocenters. The molecule has 0 saturated carbocycles. The molecule has 0 fully saturated rings. The number of aromatic nitrogens is 2. The van der Waals surface area contributed by atoms with Crippen LogP contribution in [0.25, 0.3) is 22.5 Å². The van der Waals surface area contributed by atoms with Gasteiger partial charge in [0.25, 0.3) is 0 Å². The maximum Gasteiger partial charge on any atom is 0.241 e. The predicted molar refractivity (Wildman–Crippen MR) is 153 cm³/mol. The van der Waals surface area contributed by atoms with Crippen molar-refractivity contribution in [2.75, 3.05) is 18.1 Å². The minimum absolute atomic E-state index is 0.00845. The summed E-state index contributed by atoms with van der Waals surface area (Å²) in [4.78, 5) is 12.2. The molecule has 0 atom stereocenters. The van der Waals surface area contributed by atoms with Gasteiger partial charge in [0.1, 0.15) is 16.5 Å². The molecule has 0 amide bonds. The van der Waals surface area contributed by atoms with Gasteiger partial charge in [-0.2, -0.15) is 0 Å². The number of hydrogen-bond donors (Lipinski definition) is 1. The van der Waals surface area contributed by atoms with E-state index in [1.165, 1.54) is 6.07 Å². The largest absolute Gasteiger partial charge is 0.492 e. The SMILES string of the molecule is Cc1ccc(S(N)(=O)=O)c(OCCCCN(c2cnc(-c3ccccc3)c(-c3ccccc3)n2)C(C)C)c1. The molecule has 198 valence electrons. The van der Waals surface area contributed by atoms with E-state index in [9.17, 15) is 8.42 Å². The molecule has 0 aliphatic rings. The lowest BCUT2D eigenvalue weighted by Crippen LogP contribution is -2.33. The highest BCUT2D eigenvalue weighted by Gasteiger charge is 2.18. The molecule has 38 heavy (non-hydrogen) atoms. The first-order chi connectivity index (χ1) is 18.2. The Morgan fingerprint density at radius 1 is 0.895 bits per heavy atom. The predicted octanol–water partition coefficient (Wildman–Crippen LogP) is 5.84. The van der Waals surface area contributed by atoms with Crippen LogP contribution in [0, 0.1) is 6.92 Å². The van der Waals surface area contributed by atoms with Gasteiger partial charge in [-0.15, -0.1) is 0 Å². The molecule has 2 N–H and O–H groups in total. The van der Waals surface area contributed by atoms with Crippen molar-refractivity contribution < 1.29 is 13.2 Å². The van der Waals surface area contributed by atoms with Crippen LogP contribution < -0.4 is 14.8 Å². The van der Waals surface area contributed by atoms with Gasteiger partial charge < -0.3 is 9.64 Å². The Hall–Kier alpha value is -3.75. The van der Waals surface area contributed by atoms with Crippen LogP contribution in [0.5, 0.6) is 5.75 Å². The lowest BCUT2D eigenvalue weighted by atomic mass is 10.0. The van der Waals surface area contributed by atoms with Crippen LogP contribution in [0.15, 0.2) is 90.0 Å². The molecule has 0 aliphatic heterocycles. The molecule has 4 aromatic rings. The number of anilines is 1. The van der Waals surface area contributed by atoms with E-state index < -0.39 is 10.0 Å². The number of rotatable bonds is 11. The monoisotopic (exact) mass is 530 g/mol. The van der Waals surface area contributed by atoms with Crippen LogP contribution in [0.2, 0.25) is 0 Å². The van der Waals surface area contributed by atoms with Crippen LogP contribution in [-0.4, -0.2) is 37.6 Å². The van der Waals surface area contributed by atoms with Crippen molar-refractivity contribution in [2.24, 2.45) is 5.14 Å². The zero-order valence-electron chi connectivity index (χ0n) is 22.0. The zero-order chi connectivity index (χ0) is 27.1. The topological polar surface area (TPSA) is 98.4 Å². The first-order valence-corrected chi connectivity index (χ1v) is 14.3. The van der Waals surface area contributed by atoms with Gasteiger partial charge in [-0.05, 0) is 51.3 Å². The molecule has 3 aromatic carbocycles. The average molecular weight is 531 g/mol. The number of primary sulfonamides is 1. The van der Waals surface area contributed by atoms with Crippen LogP contribution in [0.3, 0.4) is 0 Å². The normalized spacial score (nSPS) is 11.5. The fourth-order valence-electron chi connectivity index (χ4n) is 4.29. The van der Waals surface area contributed by atoms with Gasteiger partial charge in [0.05, 0.1) is 24.2 Å². The van der Waals surface area contributed by atoms with Gasteiger partial charge in [-0.25, -0.2) is 18.5 Å². The lowest BCUT2D eigenvalue weighted by Gasteiger charge is -2.28. The zero-order valence-corrected chi connectivity index (χ0v) is 22.9. The fraction of sp³-hybridized carbons (Fsp3) is 0.267. The summed E-state index contributed by atoms with van der Waals surface area (Å²) in [6.07, 6.45) is 3.41. The number of nitrogens with zero attached hydrogens (tertiary/aromatic N) is 3. The molecule has 0 bridgehead atoms. The lowest BCUT2D eigenvalue weighted by molar-refractivity contribution is 0.299. The molecule has 1 heterocycles.